The second kappa shape index (κ2) is 8.45. The fraction of sp³-hybridized carbons (Fsp3) is 0.435. The fourth-order valence-electron chi connectivity index (χ4n) is 4.38. The van der Waals surface area contributed by atoms with Gasteiger partial charge in [0.05, 0.1) is 11.4 Å². The van der Waals surface area contributed by atoms with E-state index in [4.69, 9.17) is 11.6 Å². The molecule has 0 bridgehead atoms. The summed E-state index contributed by atoms with van der Waals surface area (Å²) in [7, 11) is -3.67. The largest absolute Gasteiger partial charge is 0.361 e. The molecule has 4 rings (SSSR count). The molecule has 0 atom stereocenters. The summed E-state index contributed by atoms with van der Waals surface area (Å²) in [4.78, 5) is 16.9. The minimum absolute atomic E-state index is 0.141. The molecule has 0 aliphatic carbocycles. The molecule has 8 heteroatoms. The van der Waals surface area contributed by atoms with Crippen LogP contribution in [0.15, 0.2) is 47.4 Å². The monoisotopic (exact) mass is 461 g/mol. The number of carbonyl (C=O) groups is 1. The molecule has 1 amide bonds. The Morgan fingerprint density at radius 1 is 1.10 bits per heavy atom. The highest BCUT2D eigenvalue weighted by Gasteiger charge is 2.37. The van der Waals surface area contributed by atoms with Crippen LogP contribution in [0.1, 0.15) is 37.8 Å². The SMILES string of the molecule is CC1(C)CN(CC(=O)N2CCCC2)c2ccc(S(=O)(=O)NCc3ccc(Cl)cc3)cc21. The maximum absolute atomic E-state index is 12.9. The smallest absolute Gasteiger partial charge is 0.242 e. The lowest BCUT2D eigenvalue weighted by molar-refractivity contribution is -0.128. The highest BCUT2D eigenvalue weighted by atomic mass is 35.5. The molecule has 1 saturated heterocycles. The van der Waals surface area contributed by atoms with Gasteiger partial charge in [0.25, 0.3) is 0 Å². The molecule has 1 fully saturated rings. The lowest BCUT2D eigenvalue weighted by Gasteiger charge is -2.24. The Morgan fingerprint density at radius 3 is 2.45 bits per heavy atom. The van der Waals surface area contributed by atoms with Gasteiger partial charge >= 0.3 is 0 Å². The van der Waals surface area contributed by atoms with Crippen LogP contribution in [-0.2, 0) is 26.8 Å². The van der Waals surface area contributed by atoms with Crippen molar-refractivity contribution in [1.82, 2.24) is 9.62 Å². The molecule has 0 spiro atoms. The number of nitrogens with one attached hydrogen (secondary N) is 1. The first-order valence-electron chi connectivity index (χ1n) is 10.6. The second-order valence-corrected chi connectivity index (χ2v) is 11.2. The fourth-order valence-corrected chi connectivity index (χ4v) is 5.55. The topological polar surface area (TPSA) is 69.7 Å². The Morgan fingerprint density at radius 2 is 1.77 bits per heavy atom. The number of benzene rings is 2. The molecule has 1 N–H and O–H groups in total. The first-order valence-corrected chi connectivity index (χ1v) is 12.4. The van der Waals surface area contributed by atoms with Gasteiger partial charge in [-0.3, -0.25) is 4.79 Å². The minimum Gasteiger partial charge on any atom is -0.361 e. The molecule has 2 aliphatic heterocycles. The van der Waals surface area contributed by atoms with E-state index < -0.39 is 10.0 Å². The van der Waals surface area contributed by atoms with Crippen molar-refractivity contribution in [2.75, 3.05) is 31.1 Å². The number of likely N-dealkylation sites (tertiary alicyclic amines) is 1. The van der Waals surface area contributed by atoms with Crippen molar-refractivity contribution >= 4 is 33.2 Å². The number of anilines is 1. The summed E-state index contributed by atoms with van der Waals surface area (Å²) in [6, 6.07) is 12.3. The van der Waals surface area contributed by atoms with Gasteiger partial charge in [-0.1, -0.05) is 37.6 Å². The van der Waals surface area contributed by atoms with Crippen molar-refractivity contribution in [2.45, 2.75) is 43.5 Å². The van der Waals surface area contributed by atoms with Crippen molar-refractivity contribution in [3.63, 3.8) is 0 Å². The van der Waals surface area contributed by atoms with Crippen LogP contribution in [0, 0.1) is 0 Å². The Kier molecular flexibility index (Phi) is 6.03. The first-order chi connectivity index (χ1) is 14.7. The number of hydrogen-bond acceptors (Lipinski definition) is 4. The van der Waals surface area contributed by atoms with Gasteiger partial charge in [0, 0.05) is 42.3 Å². The van der Waals surface area contributed by atoms with Crippen LogP contribution in [0.3, 0.4) is 0 Å². The maximum Gasteiger partial charge on any atom is 0.242 e. The Labute approximate surface area is 189 Å². The van der Waals surface area contributed by atoms with Gasteiger partial charge in [-0.15, -0.1) is 0 Å². The van der Waals surface area contributed by atoms with Crippen LogP contribution >= 0.6 is 11.6 Å². The molecule has 2 heterocycles. The average Bonchev–Trinajstić information content (AvgIpc) is 3.35. The Bertz CT molecular complexity index is 1080. The third-order valence-corrected chi connectivity index (χ3v) is 7.75. The van der Waals surface area contributed by atoms with E-state index in [9.17, 15) is 13.2 Å². The van der Waals surface area contributed by atoms with E-state index in [1.165, 1.54) is 0 Å². The summed E-state index contributed by atoms with van der Waals surface area (Å²) in [5.74, 6) is 0.141. The number of fused-ring (bicyclic) bond motifs is 1. The van der Waals surface area contributed by atoms with E-state index >= 15 is 0 Å². The standard InChI is InChI=1S/C23H28ClN3O3S/c1-23(2)16-27(15-22(28)26-11-3-4-12-26)21-10-9-19(13-20(21)23)31(29,30)25-14-17-5-7-18(24)8-6-17/h5-10,13,25H,3-4,11-12,14-16H2,1-2H3. The number of rotatable bonds is 6. The van der Waals surface area contributed by atoms with Gasteiger partial charge in [0.1, 0.15) is 0 Å². The van der Waals surface area contributed by atoms with E-state index in [0.29, 0.717) is 18.1 Å². The minimum atomic E-state index is -3.67. The van der Waals surface area contributed by atoms with Crippen LogP contribution in [0.25, 0.3) is 0 Å². The Balaban J connectivity index is 1.52. The van der Waals surface area contributed by atoms with E-state index in [-0.39, 0.29) is 22.8 Å². The zero-order chi connectivity index (χ0) is 22.2. The summed E-state index contributed by atoms with van der Waals surface area (Å²) in [6.45, 7) is 7.05. The van der Waals surface area contributed by atoms with E-state index in [1.807, 2.05) is 11.0 Å². The summed E-state index contributed by atoms with van der Waals surface area (Å²) < 4.78 is 28.5. The van der Waals surface area contributed by atoms with Crippen molar-refractivity contribution in [2.24, 2.45) is 0 Å². The van der Waals surface area contributed by atoms with Gasteiger partial charge < -0.3 is 9.80 Å². The van der Waals surface area contributed by atoms with Crippen molar-refractivity contribution in [3.05, 3.63) is 58.6 Å². The van der Waals surface area contributed by atoms with Gasteiger partial charge in [-0.25, -0.2) is 13.1 Å². The summed E-state index contributed by atoms with van der Waals surface area (Å²) in [5.41, 5.74) is 2.48. The van der Waals surface area contributed by atoms with E-state index in [0.717, 1.165) is 42.7 Å². The quantitative estimate of drug-likeness (QED) is 0.714. The summed E-state index contributed by atoms with van der Waals surface area (Å²) in [6.07, 6.45) is 2.14. The van der Waals surface area contributed by atoms with Crippen LogP contribution in [0.4, 0.5) is 5.69 Å². The van der Waals surface area contributed by atoms with Crippen molar-refractivity contribution < 1.29 is 13.2 Å². The molecular weight excluding hydrogens is 434 g/mol. The van der Waals surface area contributed by atoms with Crippen LogP contribution in [-0.4, -0.2) is 45.4 Å². The maximum atomic E-state index is 12.9. The zero-order valence-electron chi connectivity index (χ0n) is 17.9. The van der Waals surface area contributed by atoms with Gasteiger partial charge in [-0.05, 0) is 54.3 Å². The zero-order valence-corrected chi connectivity index (χ0v) is 19.5. The number of sulfonamides is 1. The van der Waals surface area contributed by atoms with Crippen molar-refractivity contribution in [3.8, 4) is 0 Å². The first kappa shape index (κ1) is 22.1. The average molecular weight is 462 g/mol. The molecule has 2 aliphatic rings. The molecular formula is C23H28ClN3O3S. The highest BCUT2D eigenvalue weighted by Crippen LogP contribution is 2.41. The number of nitrogens with zero attached hydrogens (tertiary/aromatic N) is 2. The summed E-state index contributed by atoms with van der Waals surface area (Å²) in [5, 5.41) is 0.611. The molecule has 31 heavy (non-hydrogen) atoms. The number of carbonyl (C=O) groups excluding carboxylic acids is 1. The third kappa shape index (κ3) is 4.73. The van der Waals surface area contributed by atoms with Crippen molar-refractivity contribution in [1.29, 1.82) is 0 Å². The predicted molar refractivity (Wildman–Crippen MR) is 123 cm³/mol. The van der Waals surface area contributed by atoms with E-state index in [2.05, 4.69) is 23.5 Å². The van der Waals surface area contributed by atoms with Gasteiger partial charge in [0.15, 0.2) is 0 Å². The molecule has 0 aromatic heterocycles. The van der Waals surface area contributed by atoms with Crippen LogP contribution in [0.2, 0.25) is 5.02 Å². The van der Waals surface area contributed by atoms with E-state index in [1.54, 1.807) is 36.4 Å². The Hall–Kier alpha value is -2.09. The molecule has 0 radical (unpaired) electrons. The lowest BCUT2D eigenvalue weighted by Crippen LogP contribution is -2.40. The predicted octanol–water partition coefficient (Wildman–Crippen LogP) is 3.54. The molecule has 166 valence electrons. The molecule has 2 aromatic carbocycles. The highest BCUT2D eigenvalue weighted by molar-refractivity contribution is 7.89. The molecule has 6 nitrogen and oxygen atoms in total. The molecule has 2 aromatic rings. The van der Waals surface area contributed by atoms with Crippen LogP contribution in [0.5, 0.6) is 0 Å². The summed E-state index contributed by atoms with van der Waals surface area (Å²) >= 11 is 5.89. The van der Waals surface area contributed by atoms with Gasteiger partial charge in [0.2, 0.25) is 15.9 Å². The number of halogens is 1. The molecule has 0 saturated carbocycles. The third-order valence-electron chi connectivity index (χ3n) is 6.10. The second-order valence-electron chi connectivity index (χ2n) is 8.96. The molecule has 0 unspecified atom stereocenters. The normalized spacial score (nSPS) is 17.8. The lowest BCUT2D eigenvalue weighted by atomic mass is 9.87. The van der Waals surface area contributed by atoms with Gasteiger partial charge in [-0.2, -0.15) is 0 Å². The van der Waals surface area contributed by atoms with Crippen LogP contribution < -0.4 is 9.62 Å². The number of hydrogen-bond donors (Lipinski definition) is 1. The number of amides is 1.